The molecule has 1 fully saturated rings. The maximum atomic E-state index is 12.2. The zero-order valence-corrected chi connectivity index (χ0v) is 10.9. The van der Waals surface area contributed by atoms with Crippen molar-refractivity contribution < 1.29 is 8.42 Å². The zero-order valence-electron chi connectivity index (χ0n) is 10.1. The molecule has 1 aromatic heterocycles. The van der Waals surface area contributed by atoms with Gasteiger partial charge >= 0.3 is 0 Å². The molecule has 7 heteroatoms. The molecular formula is C10H18N4O2S. The van der Waals surface area contributed by atoms with Crippen molar-refractivity contribution in [1.29, 1.82) is 0 Å². The van der Waals surface area contributed by atoms with Gasteiger partial charge in [-0.25, -0.2) is 18.1 Å². The average Bonchev–Trinajstić information content (AvgIpc) is 2.73. The summed E-state index contributed by atoms with van der Waals surface area (Å²) >= 11 is 0. The first-order chi connectivity index (χ1) is 7.84. The summed E-state index contributed by atoms with van der Waals surface area (Å²) in [6.45, 7) is 1.93. The number of hydrogen-bond donors (Lipinski definition) is 2. The minimum absolute atomic E-state index is 0.0431. The number of nitrogen functional groups attached to an aromatic ring is 1. The SMILES string of the molecule is Cn1cnc(N)c1S(=O)(=O)NC1(C)CCCC1. The maximum absolute atomic E-state index is 12.2. The normalized spacial score (nSPS) is 19.6. The van der Waals surface area contributed by atoms with Crippen molar-refractivity contribution in [2.45, 2.75) is 43.2 Å². The molecule has 0 bridgehead atoms. The number of nitrogens with two attached hydrogens (primary N) is 1. The van der Waals surface area contributed by atoms with Crippen LogP contribution in [0, 0.1) is 0 Å². The van der Waals surface area contributed by atoms with Gasteiger partial charge in [0.2, 0.25) is 0 Å². The average molecular weight is 258 g/mol. The van der Waals surface area contributed by atoms with Crippen LogP contribution in [0.1, 0.15) is 32.6 Å². The van der Waals surface area contributed by atoms with E-state index in [4.69, 9.17) is 5.73 Å². The standard InChI is InChI=1S/C10H18N4O2S/c1-10(5-3-4-6-10)13-17(15,16)9-8(11)12-7-14(9)2/h7,13H,3-6,11H2,1-2H3. The molecule has 0 amide bonds. The second-order valence-corrected chi connectivity index (χ2v) is 6.52. The Morgan fingerprint density at radius 2 is 2.06 bits per heavy atom. The third-order valence-electron chi connectivity index (χ3n) is 3.25. The predicted octanol–water partition coefficient (Wildman–Crippen LogP) is 0.613. The van der Waals surface area contributed by atoms with E-state index < -0.39 is 10.0 Å². The smallest absolute Gasteiger partial charge is 0.260 e. The number of imidazole rings is 1. The lowest BCUT2D eigenvalue weighted by Crippen LogP contribution is -2.44. The van der Waals surface area contributed by atoms with Crippen LogP contribution < -0.4 is 10.5 Å². The van der Waals surface area contributed by atoms with Crippen molar-refractivity contribution in [2.24, 2.45) is 7.05 Å². The number of aryl methyl sites for hydroxylation is 1. The number of anilines is 1. The summed E-state index contributed by atoms with van der Waals surface area (Å²) in [6, 6.07) is 0. The van der Waals surface area contributed by atoms with Crippen LogP contribution >= 0.6 is 0 Å². The molecule has 0 unspecified atom stereocenters. The highest BCUT2D eigenvalue weighted by Crippen LogP contribution is 2.31. The summed E-state index contributed by atoms with van der Waals surface area (Å²) in [5.41, 5.74) is 5.24. The van der Waals surface area contributed by atoms with Gasteiger partial charge in [0.1, 0.15) is 0 Å². The van der Waals surface area contributed by atoms with Crippen LogP contribution in [-0.4, -0.2) is 23.5 Å². The van der Waals surface area contributed by atoms with Gasteiger partial charge in [-0.2, -0.15) is 0 Å². The first-order valence-electron chi connectivity index (χ1n) is 5.65. The molecule has 3 N–H and O–H groups in total. The summed E-state index contributed by atoms with van der Waals surface area (Å²) < 4.78 is 28.7. The molecule has 0 aliphatic heterocycles. The lowest BCUT2D eigenvalue weighted by atomic mass is 10.0. The molecule has 0 atom stereocenters. The summed E-state index contributed by atoms with van der Waals surface area (Å²) in [7, 11) is -1.97. The van der Waals surface area contributed by atoms with E-state index in [0.717, 1.165) is 25.7 Å². The van der Waals surface area contributed by atoms with Gasteiger partial charge in [0.05, 0.1) is 6.33 Å². The van der Waals surface area contributed by atoms with E-state index in [1.165, 1.54) is 10.9 Å². The topological polar surface area (TPSA) is 90.0 Å². The highest BCUT2D eigenvalue weighted by atomic mass is 32.2. The maximum Gasteiger partial charge on any atom is 0.260 e. The van der Waals surface area contributed by atoms with Crippen LogP contribution in [-0.2, 0) is 17.1 Å². The van der Waals surface area contributed by atoms with E-state index in [0.29, 0.717) is 0 Å². The summed E-state index contributed by atoms with van der Waals surface area (Å²) in [5.74, 6) is 0.0431. The first kappa shape index (κ1) is 12.4. The Labute approximate surface area is 101 Å². The van der Waals surface area contributed by atoms with E-state index in [1.54, 1.807) is 7.05 Å². The van der Waals surface area contributed by atoms with Crippen LogP contribution in [0.3, 0.4) is 0 Å². The molecule has 0 aromatic carbocycles. The summed E-state index contributed by atoms with van der Waals surface area (Å²) in [4.78, 5) is 3.80. The lowest BCUT2D eigenvalue weighted by molar-refractivity contribution is 0.425. The van der Waals surface area contributed by atoms with Gasteiger partial charge in [0.25, 0.3) is 10.0 Å². The van der Waals surface area contributed by atoms with E-state index in [2.05, 4.69) is 9.71 Å². The van der Waals surface area contributed by atoms with Crippen molar-refractivity contribution in [3.8, 4) is 0 Å². The Morgan fingerprint density at radius 3 is 2.53 bits per heavy atom. The Balaban J connectivity index is 2.31. The number of sulfonamides is 1. The lowest BCUT2D eigenvalue weighted by Gasteiger charge is -2.24. The highest BCUT2D eigenvalue weighted by molar-refractivity contribution is 7.89. The highest BCUT2D eigenvalue weighted by Gasteiger charge is 2.35. The molecule has 1 heterocycles. The second kappa shape index (κ2) is 3.99. The van der Waals surface area contributed by atoms with Crippen molar-refractivity contribution in [2.75, 3.05) is 5.73 Å². The van der Waals surface area contributed by atoms with Crippen molar-refractivity contribution >= 4 is 15.8 Å². The molecule has 1 saturated carbocycles. The zero-order chi connectivity index (χ0) is 12.7. The first-order valence-corrected chi connectivity index (χ1v) is 7.13. The number of hydrogen-bond acceptors (Lipinski definition) is 4. The molecule has 2 rings (SSSR count). The fraction of sp³-hybridized carbons (Fsp3) is 0.700. The van der Waals surface area contributed by atoms with Gasteiger partial charge in [-0.1, -0.05) is 12.8 Å². The predicted molar refractivity (Wildman–Crippen MR) is 64.8 cm³/mol. The van der Waals surface area contributed by atoms with Crippen molar-refractivity contribution in [3.05, 3.63) is 6.33 Å². The van der Waals surface area contributed by atoms with Gasteiger partial charge in [-0.3, -0.25) is 0 Å². The van der Waals surface area contributed by atoms with Gasteiger partial charge in [0, 0.05) is 12.6 Å². The second-order valence-electron chi connectivity index (χ2n) is 4.92. The molecule has 96 valence electrons. The van der Waals surface area contributed by atoms with Crippen LogP contribution in [0.2, 0.25) is 0 Å². The largest absolute Gasteiger partial charge is 0.381 e. The summed E-state index contributed by atoms with van der Waals surface area (Å²) in [6.07, 6.45) is 5.24. The fourth-order valence-electron chi connectivity index (χ4n) is 2.39. The monoisotopic (exact) mass is 258 g/mol. The Kier molecular flexibility index (Phi) is 2.90. The molecule has 6 nitrogen and oxygen atoms in total. The van der Waals surface area contributed by atoms with E-state index >= 15 is 0 Å². The molecule has 1 aliphatic rings. The molecule has 0 saturated heterocycles. The Hall–Kier alpha value is -1.08. The van der Waals surface area contributed by atoms with Crippen molar-refractivity contribution in [3.63, 3.8) is 0 Å². The molecule has 0 radical (unpaired) electrons. The number of aromatic nitrogens is 2. The van der Waals surface area contributed by atoms with Gasteiger partial charge in [0.15, 0.2) is 10.8 Å². The van der Waals surface area contributed by atoms with Gasteiger partial charge < -0.3 is 10.3 Å². The van der Waals surface area contributed by atoms with Gasteiger partial charge in [-0.05, 0) is 19.8 Å². The molecule has 1 aliphatic carbocycles. The molecule has 1 aromatic rings. The number of nitrogens with one attached hydrogen (secondary N) is 1. The van der Waals surface area contributed by atoms with Crippen LogP contribution in [0.25, 0.3) is 0 Å². The third-order valence-corrected chi connectivity index (χ3v) is 5.02. The van der Waals surface area contributed by atoms with Gasteiger partial charge in [-0.15, -0.1) is 0 Å². The summed E-state index contributed by atoms with van der Waals surface area (Å²) in [5, 5.41) is 0.0469. The van der Waals surface area contributed by atoms with Crippen LogP contribution in [0.4, 0.5) is 5.82 Å². The number of rotatable bonds is 3. The molecular weight excluding hydrogens is 240 g/mol. The van der Waals surface area contributed by atoms with E-state index in [9.17, 15) is 8.42 Å². The minimum Gasteiger partial charge on any atom is -0.381 e. The molecule has 17 heavy (non-hydrogen) atoms. The van der Waals surface area contributed by atoms with Crippen LogP contribution in [0.15, 0.2) is 11.4 Å². The van der Waals surface area contributed by atoms with E-state index in [1.807, 2.05) is 6.92 Å². The Bertz CT molecular complexity index is 495. The minimum atomic E-state index is -3.59. The Morgan fingerprint density at radius 1 is 1.47 bits per heavy atom. The van der Waals surface area contributed by atoms with E-state index in [-0.39, 0.29) is 16.4 Å². The third kappa shape index (κ3) is 2.30. The van der Waals surface area contributed by atoms with Crippen LogP contribution in [0.5, 0.6) is 0 Å². The molecule has 0 spiro atoms. The number of nitrogens with zero attached hydrogens (tertiary/aromatic N) is 2. The van der Waals surface area contributed by atoms with Crippen molar-refractivity contribution in [1.82, 2.24) is 14.3 Å². The quantitative estimate of drug-likeness (QED) is 0.831. The fourth-order valence-corrected chi connectivity index (χ4v) is 4.10.